The van der Waals surface area contributed by atoms with Crippen molar-refractivity contribution in [3.63, 3.8) is 0 Å². The van der Waals surface area contributed by atoms with Crippen molar-refractivity contribution in [1.82, 2.24) is 10.2 Å². The van der Waals surface area contributed by atoms with Crippen molar-refractivity contribution in [2.75, 3.05) is 26.7 Å². The Hall–Kier alpha value is -3.98. The minimum atomic E-state index is -4.73. The summed E-state index contributed by atoms with van der Waals surface area (Å²) in [5, 5.41) is 12.0. The van der Waals surface area contributed by atoms with Gasteiger partial charge in [0.25, 0.3) is 5.91 Å². The maximum atomic E-state index is 13.5. The monoisotopic (exact) mass is 530 g/mol. The quantitative estimate of drug-likeness (QED) is 0.527. The van der Waals surface area contributed by atoms with Gasteiger partial charge in [-0.3, -0.25) is 14.6 Å². The molecule has 2 fully saturated rings. The van der Waals surface area contributed by atoms with Gasteiger partial charge in [-0.05, 0) is 60.2 Å². The van der Waals surface area contributed by atoms with Crippen LogP contribution in [0.3, 0.4) is 0 Å². The number of ether oxygens (including phenoxy) is 2. The third-order valence-electron chi connectivity index (χ3n) is 5.57. The molecule has 0 unspecified atom stereocenters. The normalized spacial score (nSPS) is 17.9. The Morgan fingerprint density at radius 2 is 1.97 bits per heavy atom. The van der Waals surface area contributed by atoms with Gasteiger partial charge in [0.05, 0.1) is 35.8 Å². The van der Waals surface area contributed by atoms with Crippen LogP contribution in [-0.4, -0.2) is 48.6 Å². The number of carbonyl (C=O) groups excluding carboxylic acids is 2. The molecule has 12 heteroatoms. The van der Waals surface area contributed by atoms with Gasteiger partial charge in [-0.1, -0.05) is 6.07 Å². The number of hydrogen-bond donors (Lipinski definition) is 1. The molecule has 2 amide bonds. The average Bonchev–Trinajstić information content (AvgIpc) is 3.43. The predicted octanol–water partition coefficient (Wildman–Crippen LogP) is 4.56. The van der Waals surface area contributed by atoms with Crippen LogP contribution in [0.1, 0.15) is 29.5 Å². The molecule has 2 aromatic rings. The van der Waals surface area contributed by atoms with Gasteiger partial charge in [-0.2, -0.15) is 18.4 Å². The number of alkyl halides is 3. The third-order valence-corrected chi connectivity index (χ3v) is 6.51. The lowest BCUT2D eigenvalue weighted by Gasteiger charge is -2.16. The summed E-state index contributed by atoms with van der Waals surface area (Å²) >= 11 is 1.15. The zero-order chi connectivity index (χ0) is 26.6. The topological polar surface area (TPSA) is 104 Å². The summed E-state index contributed by atoms with van der Waals surface area (Å²) in [7, 11) is 1.34. The zero-order valence-electron chi connectivity index (χ0n) is 19.6. The molecule has 0 bridgehead atoms. The Morgan fingerprint density at radius 3 is 2.65 bits per heavy atom. The molecule has 0 aromatic heterocycles. The maximum absolute atomic E-state index is 13.5. The highest BCUT2D eigenvalue weighted by atomic mass is 32.2. The van der Waals surface area contributed by atoms with Crippen LogP contribution in [0.4, 0.5) is 13.2 Å². The summed E-state index contributed by atoms with van der Waals surface area (Å²) in [5.74, 6) is -0.522. The van der Waals surface area contributed by atoms with E-state index in [9.17, 15) is 22.8 Å². The van der Waals surface area contributed by atoms with Crippen LogP contribution in [0, 0.1) is 11.3 Å². The van der Waals surface area contributed by atoms with E-state index in [0.29, 0.717) is 35.1 Å². The fraction of sp³-hybridized carbons (Fsp3) is 0.280. The van der Waals surface area contributed by atoms with E-state index < -0.39 is 17.5 Å². The second-order valence-corrected chi connectivity index (χ2v) is 9.10. The number of likely N-dealkylation sites (tertiary alicyclic amines) is 1. The lowest BCUT2D eigenvalue weighted by molar-refractivity contribution is -0.138. The summed E-state index contributed by atoms with van der Waals surface area (Å²) in [5.41, 5.74) is -0.672. The van der Waals surface area contributed by atoms with E-state index in [1.807, 2.05) is 0 Å². The van der Waals surface area contributed by atoms with E-state index in [-0.39, 0.29) is 28.9 Å². The SMILES string of the molecule is COc1cc(/C=C2\SC(=NCCN3CCCC3=O)NC2=O)ccc1Oc1ccc(C#N)cc1C(F)(F)F. The van der Waals surface area contributed by atoms with Crippen molar-refractivity contribution in [2.45, 2.75) is 19.0 Å². The van der Waals surface area contributed by atoms with E-state index >= 15 is 0 Å². The van der Waals surface area contributed by atoms with Crippen molar-refractivity contribution in [3.8, 4) is 23.3 Å². The Balaban J connectivity index is 1.49. The zero-order valence-corrected chi connectivity index (χ0v) is 20.4. The largest absolute Gasteiger partial charge is 0.493 e. The number of nitrogens with one attached hydrogen (secondary N) is 1. The van der Waals surface area contributed by atoms with Gasteiger partial charge in [-0.15, -0.1) is 0 Å². The van der Waals surface area contributed by atoms with E-state index in [2.05, 4.69) is 10.3 Å². The van der Waals surface area contributed by atoms with Crippen molar-refractivity contribution in [3.05, 3.63) is 58.0 Å². The molecule has 0 saturated carbocycles. The van der Waals surface area contributed by atoms with E-state index in [0.717, 1.165) is 36.9 Å². The first-order valence-electron chi connectivity index (χ1n) is 11.2. The van der Waals surface area contributed by atoms with Crippen molar-refractivity contribution >= 4 is 34.8 Å². The molecule has 2 saturated heterocycles. The van der Waals surface area contributed by atoms with Gasteiger partial charge in [-0.25, -0.2) is 0 Å². The standard InChI is InChI=1S/C25H21F3N4O4S/c1-35-20-12-15(4-7-19(20)36-18-6-5-16(14-29)11-17(18)25(26,27)28)13-21-23(34)31-24(37-21)30-8-10-32-9-2-3-22(32)33/h4-7,11-13H,2-3,8-10H2,1H3,(H,30,31,34)/b21-13-. The van der Waals surface area contributed by atoms with Crippen LogP contribution in [0.15, 0.2) is 46.3 Å². The number of benzene rings is 2. The highest BCUT2D eigenvalue weighted by molar-refractivity contribution is 8.18. The molecule has 2 aliphatic rings. The molecule has 4 rings (SSSR count). The highest BCUT2D eigenvalue weighted by Crippen LogP contribution is 2.41. The lowest BCUT2D eigenvalue weighted by atomic mass is 10.1. The Bertz CT molecular complexity index is 1330. The van der Waals surface area contributed by atoms with Crippen LogP contribution in [0.5, 0.6) is 17.2 Å². The number of thioether (sulfide) groups is 1. The van der Waals surface area contributed by atoms with Gasteiger partial charge >= 0.3 is 6.18 Å². The number of nitriles is 1. The van der Waals surface area contributed by atoms with Crippen LogP contribution in [-0.2, 0) is 15.8 Å². The van der Waals surface area contributed by atoms with Crippen LogP contribution in [0.25, 0.3) is 6.08 Å². The Kier molecular flexibility index (Phi) is 7.73. The minimum Gasteiger partial charge on any atom is -0.493 e. The van der Waals surface area contributed by atoms with Crippen LogP contribution < -0.4 is 14.8 Å². The van der Waals surface area contributed by atoms with Gasteiger partial charge in [0, 0.05) is 19.5 Å². The Morgan fingerprint density at radius 1 is 1.19 bits per heavy atom. The lowest BCUT2D eigenvalue weighted by Crippen LogP contribution is -2.28. The van der Waals surface area contributed by atoms with Gasteiger partial charge in [0.1, 0.15) is 5.75 Å². The summed E-state index contributed by atoms with van der Waals surface area (Å²) in [6.45, 7) is 1.58. The molecule has 2 aromatic carbocycles. The molecule has 0 aliphatic carbocycles. The third kappa shape index (κ3) is 6.24. The summed E-state index contributed by atoms with van der Waals surface area (Å²) in [6, 6.07) is 9.25. The first-order valence-corrected chi connectivity index (χ1v) is 12.0. The second-order valence-electron chi connectivity index (χ2n) is 8.07. The first kappa shape index (κ1) is 26.1. The van der Waals surface area contributed by atoms with Crippen molar-refractivity contribution < 1.29 is 32.2 Å². The maximum Gasteiger partial charge on any atom is 0.420 e. The number of amides is 2. The number of methoxy groups -OCH3 is 1. The number of carbonyl (C=O) groups is 2. The molecule has 8 nitrogen and oxygen atoms in total. The van der Waals surface area contributed by atoms with Crippen molar-refractivity contribution in [2.24, 2.45) is 4.99 Å². The molecule has 1 N–H and O–H groups in total. The molecular weight excluding hydrogens is 509 g/mol. The molecular formula is C25H21F3N4O4S. The van der Waals surface area contributed by atoms with Crippen molar-refractivity contribution in [1.29, 1.82) is 5.26 Å². The number of halogens is 3. The summed E-state index contributed by atoms with van der Waals surface area (Å²) < 4.78 is 51.3. The van der Waals surface area contributed by atoms with Crippen LogP contribution >= 0.6 is 11.8 Å². The van der Waals surface area contributed by atoms with E-state index in [1.54, 1.807) is 23.1 Å². The minimum absolute atomic E-state index is 0.0297. The molecule has 0 radical (unpaired) electrons. The van der Waals surface area contributed by atoms with E-state index in [4.69, 9.17) is 14.7 Å². The Labute approximate surface area is 214 Å². The van der Waals surface area contributed by atoms with E-state index in [1.165, 1.54) is 25.3 Å². The number of hydrogen-bond acceptors (Lipinski definition) is 7. The molecule has 37 heavy (non-hydrogen) atoms. The number of rotatable bonds is 7. The molecule has 2 aliphatic heterocycles. The van der Waals surface area contributed by atoms with Gasteiger partial charge < -0.3 is 19.7 Å². The second kappa shape index (κ2) is 11.0. The molecule has 2 heterocycles. The molecule has 0 spiro atoms. The fourth-order valence-corrected chi connectivity index (χ4v) is 4.60. The van der Waals surface area contributed by atoms with Crippen LogP contribution in [0.2, 0.25) is 0 Å². The van der Waals surface area contributed by atoms with Gasteiger partial charge in [0.15, 0.2) is 16.7 Å². The number of aliphatic imine (C=N–C) groups is 1. The summed E-state index contributed by atoms with van der Waals surface area (Å²) in [4.78, 5) is 30.5. The number of amidine groups is 1. The molecule has 0 atom stereocenters. The smallest absolute Gasteiger partial charge is 0.420 e. The molecule has 192 valence electrons. The van der Waals surface area contributed by atoms with Gasteiger partial charge in [0.2, 0.25) is 5.91 Å². The predicted molar refractivity (Wildman–Crippen MR) is 131 cm³/mol. The fourth-order valence-electron chi connectivity index (χ4n) is 3.75. The average molecular weight is 531 g/mol. The highest BCUT2D eigenvalue weighted by Gasteiger charge is 2.35. The summed E-state index contributed by atoms with van der Waals surface area (Å²) in [6.07, 6.45) is -1.73. The first-order chi connectivity index (χ1) is 17.7. The number of nitrogens with zero attached hydrogens (tertiary/aromatic N) is 3.